The molecule has 0 aliphatic rings. The van der Waals surface area contributed by atoms with Crippen LogP contribution in [0.3, 0.4) is 0 Å². The first-order valence-corrected chi connectivity index (χ1v) is 10.1. The van der Waals surface area contributed by atoms with E-state index in [1.165, 1.54) is 16.0 Å². The van der Waals surface area contributed by atoms with Crippen molar-refractivity contribution in [2.45, 2.75) is 20.4 Å². The number of hydrogen-bond donors (Lipinski definition) is 3. The van der Waals surface area contributed by atoms with E-state index in [0.29, 0.717) is 28.4 Å². The van der Waals surface area contributed by atoms with Gasteiger partial charge in [0.05, 0.1) is 44.6 Å². The molecule has 0 unspecified atom stereocenters. The number of likely N-dealkylation sites (N-methyl/N-ethyl adjacent to an activating group) is 1. The molecule has 29 heavy (non-hydrogen) atoms. The van der Waals surface area contributed by atoms with Gasteiger partial charge in [0, 0.05) is 5.69 Å². The zero-order valence-electron chi connectivity index (χ0n) is 17.4. The second-order valence-electron chi connectivity index (χ2n) is 7.71. The Morgan fingerprint density at radius 1 is 1.17 bits per heavy atom. The monoisotopic (exact) mass is 410 g/mol. The topological polar surface area (TPSA) is 65.5 Å². The maximum Gasteiger partial charge on any atom is 0.258 e. The molecule has 0 fully saturated rings. The molecule has 0 aliphatic carbocycles. The molecule has 3 rings (SSSR count). The second kappa shape index (κ2) is 9.15. The molecule has 2 aromatic carbocycles. The molecule has 0 saturated carbocycles. The third kappa shape index (κ3) is 5.62. The van der Waals surface area contributed by atoms with E-state index in [-0.39, 0.29) is 5.56 Å². The predicted octanol–water partition coefficient (Wildman–Crippen LogP) is 1.88. The van der Waals surface area contributed by atoms with Crippen LogP contribution in [-0.4, -0.2) is 47.2 Å². The summed E-state index contributed by atoms with van der Waals surface area (Å²) in [4.78, 5) is 23.3. The summed E-state index contributed by atoms with van der Waals surface area (Å²) in [7, 11) is 4.21. The zero-order valence-corrected chi connectivity index (χ0v) is 18.2. The summed E-state index contributed by atoms with van der Waals surface area (Å²) in [6.07, 6.45) is 0. The van der Waals surface area contributed by atoms with E-state index in [4.69, 9.17) is 12.2 Å². The number of aryl methyl sites for hydroxylation is 2. The van der Waals surface area contributed by atoms with Gasteiger partial charge in [0.15, 0.2) is 5.11 Å². The lowest BCUT2D eigenvalue weighted by atomic mass is 10.1. The Labute approximate surface area is 176 Å². The lowest BCUT2D eigenvalue weighted by Crippen LogP contribution is -3.06. The van der Waals surface area contributed by atoms with Crippen molar-refractivity contribution in [3.63, 3.8) is 0 Å². The van der Waals surface area contributed by atoms with Crippen molar-refractivity contribution in [3.8, 4) is 0 Å². The Balaban J connectivity index is 1.84. The Morgan fingerprint density at radius 3 is 2.55 bits per heavy atom. The summed E-state index contributed by atoms with van der Waals surface area (Å²) in [6, 6.07) is 13.6. The van der Waals surface area contributed by atoms with E-state index in [0.717, 1.165) is 18.8 Å². The van der Waals surface area contributed by atoms with E-state index in [1.807, 2.05) is 23.1 Å². The number of rotatable bonds is 6. The van der Waals surface area contributed by atoms with Crippen molar-refractivity contribution in [2.24, 2.45) is 0 Å². The number of para-hydroxylation sites is 1. The van der Waals surface area contributed by atoms with Crippen LogP contribution in [0.5, 0.6) is 0 Å². The molecule has 0 radical (unpaired) electrons. The van der Waals surface area contributed by atoms with Crippen molar-refractivity contribution in [1.82, 2.24) is 14.9 Å². The van der Waals surface area contributed by atoms with Gasteiger partial charge in [0.1, 0.15) is 5.82 Å². The molecule has 0 spiro atoms. The van der Waals surface area contributed by atoms with Gasteiger partial charge in [-0.2, -0.15) is 0 Å². The third-order valence-corrected chi connectivity index (χ3v) is 5.00. The first kappa shape index (κ1) is 21.0. The standard InChI is InChI=1S/C22H27N5OS/c1-15-11-16(2)13-17(12-15)23-22(29)27(10-9-26(3)4)14-20-24-19-8-6-5-7-18(19)21(28)25-20/h5-8,11-13H,9-10,14H2,1-4H3,(H,23,29)(H,24,25,28)/p+1. The number of thiocarbonyl (C=S) groups is 1. The molecule has 6 nitrogen and oxygen atoms in total. The number of aromatic nitrogens is 2. The van der Waals surface area contributed by atoms with Gasteiger partial charge in [-0.1, -0.05) is 18.2 Å². The zero-order chi connectivity index (χ0) is 21.0. The molecule has 0 atom stereocenters. The van der Waals surface area contributed by atoms with Crippen LogP contribution in [0, 0.1) is 13.8 Å². The lowest BCUT2D eigenvalue weighted by molar-refractivity contribution is -0.857. The molecule has 152 valence electrons. The summed E-state index contributed by atoms with van der Waals surface area (Å²) in [5.41, 5.74) is 3.89. The van der Waals surface area contributed by atoms with Gasteiger partial charge >= 0.3 is 0 Å². The molecule has 0 aliphatic heterocycles. The van der Waals surface area contributed by atoms with Crippen LogP contribution in [0.4, 0.5) is 5.69 Å². The van der Waals surface area contributed by atoms with Crippen molar-refractivity contribution in [3.05, 3.63) is 69.8 Å². The fraction of sp³-hybridized carbons (Fsp3) is 0.318. The fourth-order valence-electron chi connectivity index (χ4n) is 3.25. The molecule has 3 aromatic rings. The number of fused-ring (bicyclic) bond motifs is 1. The molecule has 0 amide bonds. The van der Waals surface area contributed by atoms with Gasteiger partial charge in [-0.05, 0) is 61.5 Å². The van der Waals surface area contributed by atoms with Crippen LogP contribution in [0.2, 0.25) is 0 Å². The number of nitrogens with one attached hydrogen (secondary N) is 3. The van der Waals surface area contributed by atoms with Gasteiger partial charge in [-0.25, -0.2) is 4.98 Å². The average molecular weight is 411 g/mol. The van der Waals surface area contributed by atoms with Crippen LogP contribution >= 0.6 is 12.2 Å². The molecule has 7 heteroatoms. The van der Waals surface area contributed by atoms with Crippen LogP contribution < -0.4 is 15.8 Å². The molecular weight excluding hydrogens is 382 g/mol. The molecule has 0 saturated heterocycles. The second-order valence-corrected chi connectivity index (χ2v) is 8.10. The molecular formula is C22H28N5OS+. The normalized spacial score (nSPS) is 11.1. The highest BCUT2D eigenvalue weighted by atomic mass is 32.1. The number of anilines is 1. The molecule has 1 heterocycles. The summed E-state index contributed by atoms with van der Waals surface area (Å²) in [5, 5.41) is 4.56. The van der Waals surface area contributed by atoms with Gasteiger partial charge in [-0.3, -0.25) is 4.79 Å². The van der Waals surface area contributed by atoms with E-state index >= 15 is 0 Å². The maximum absolute atomic E-state index is 12.4. The fourth-order valence-corrected chi connectivity index (χ4v) is 3.52. The predicted molar refractivity (Wildman–Crippen MR) is 123 cm³/mol. The Morgan fingerprint density at radius 2 is 1.86 bits per heavy atom. The van der Waals surface area contributed by atoms with E-state index in [1.54, 1.807) is 6.07 Å². The lowest BCUT2D eigenvalue weighted by Gasteiger charge is -2.26. The Bertz CT molecular complexity index is 1060. The minimum atomic E-state index is -0.128. The van der Waals surface area contributed by atoms with Gasteiger partial charge in [0.25, 0.3) is 5.56 Å². The van der Waals surface area contributed by atoms with Gasteiger partial charge in [-0.15, -0.1) is 0 Å². The largest absolute Gasteiger partial charge is 0.338 e. The number of aromatic amines is 1. The molecule has 3 N–H and O–H groups in total. The third-order valence-electron chi connectivity index (χ3n) is 4.64. The minimum Gasteiger partial charge on any atom is -0.338 e. The van der Waals surface area contributed by atoms with Crippen LogP contribution in [-0.2, 0) is 6.54 Å². The van der Waals surface area contributed by atoms with Crippen molar-refractivity contribution < 1.29 is 4.90 Å². The first-order valence-electron chi connectivity index (χ1n) is 9.73. The smallest absolute Gasteiger partial charge is 0.258 e. The van der Waals surface area contributed by atoms with Crippen LogP contribution in [0.15, 0.2) is 47.3 Å². The van der Waals surface area contributed by atoms with Crippen molar-refractivity contribution in [2.75, 3.05) is 32.5 Å². The Hall–Kier alpha value is -2.77. The van der Waals surface area contributed by atoms with Crippen molar-refractivity contribution in [1.29, 1.82) is 0 Å². The number of hydrogen-bond acceptors (Lipinski definition) is 3. The summed E-state index contributed by atoms with van der Waals surface area (Å²) in [6.45, 7) is 6.22. The highest BCUT2D eigenvalue weighted by Crippen LogP contribution is 2.15. The highest BCUT2D eigenvalue weighted by Gasteiger charge is 2.15. The van der Waals surface area contributed by atoms with Crippen molar-refractivity contribution >= 4 is 33.9 Å². The van der Waals surface area contributed by atoms with Gasteiger partial charge in [0.2, 0.25) is 0 Å². The van der Waals surface area contributed by atoms with E-state index in [9.17, 15) is 4.79 Å². The van der Waals surface area contributed by atoms with E-state index < -0.39 is 0 Å². The Kier molecular flexibility index (Phi) is 6.61. The van der Waals surface area contributed by atoms with Gasteiger partial charge < -0.3 is 20.1 Å². The molecule has 0 bridgehead atoms. The van der Waals surface area contributed by atoms with E-state index in [2.05, 4.69) is 61.4 Å². The molecule has 1 aromatic heterocycles. The average Bonchev–Trinajstić information content (AvgIpc) is 2.64. The maximum atomic E-state index is 12.4. The SMILES string of the molecule is Cc1cc(C)cc(NC(=S)N(CC[NH+](C)C)Cc2nc3ccccc3c(=O)[nH]2)c1. The quantitative estimate of drug-likeness (QED) is 0.542. The first-order chi connectivity index (χ1) is 13.8. The summed E-state index contributed by atoms with van der Waals surface area (Å²) < 4.78 is 0. The number of nitrogens with zero attached hydrogens (tertiary/aromatic N) is 2. The van der Waals surface area contributed by atoms with Crippen LogP contribution in [0.1, 0.15) is 17.0 Å². The number of benzene rings is 2. The summed E-state index contributed by atoms with van der Waals surface area (Å²) >= 11 is 5.71. The summed E-state index contributed by atoms with van der Waals surface area (Å²) in [5.74, 6) is 0.604. The number of H-pyrrole nitrogens is 1. The highest BCUT2D eigenvalue weighted by molar-refractivity contribution is 7.80. The minimum absolute atomic E-state index is 0.128. The number of quaternary nitrogens is 1. The van der Waals surface area contributed by atoms with Crippen LogP contribution in [0.25, 0.3) is 10.9 Å².